The Morgan fingerprint density at radius 1 is 1.18 bits per heavy atom. The minimum Gasteiger partial charge on any atom is -0.490 e. The Bertz CT molecular complexity index is 318. The average Bonchev–Trinajstić information content (AvgIpc) is 2.30. The lowest BCUT2D eigenvalue weighted by Crippen LogP contribution is -2.27. The molecule has 1 rings (SSSR count). The number of hydrogen-bond acceptors (Lipinski definition) is 3. The predicted octanol–water partition coefficient (Wildman–Crippen LogP) is 2.68. The summed E-state index contributed by atoms with van der Waals surface area (Å²) in [7, 11) is 0. The van der Waals surface area contributed by atoms with Gasteiger partial charge in [0.15, 0.2) is 0 Å². The molecule has 0 unspecified atom stereocenters. The van der Waals surface area contributed by atoms with E-state index >= 15 is 0 Å². The summed E-state index contributed by atoms with van der Waals surface area (Å²) in [5.74, 6) is 0.928. The van der Waals surface area contributed by atoms with Crippen molar-refractivity contribution in [3.8, 4) is 5.75 Å². The van der Waals surface area contributed by atoms with Crippen molar-refractivity contribution in [3.05, 3.63) is 27.8 Å². The van der Waals surface area contributed by atoms with Crippen molar-refractivity contribution in [2.75, 3.05) is 26.4 Å². The van der Waals surface area contributed by atoms with Gasteiger partial charge >= 0.3 is 0 Å². The Kier molecular flexibility index (Phi) is 7.55. The molecule has 0 heterocycles. The van der Waals surface area contributed by atoms with Crippen LogP contribution in [0.15, 0.2) is 24.3 Å². The van der Waals surface area contributed by atoms with Crippen LogP contribution in [0.3, 0.4) is 0 Å². The lowest BCUT2D eigenvalue weighted by atomic mass is 10.3. The van der Waals surface area contributed by atoms with E-state index < -0.39 is 0 Å². The Balaban J connectivity index is 2.03. The van der Waals surface area contributed by atoms with Crippen molar-refractivity contribution in [1.82, 2.24) is 5.32 Å². The second-order valence-corrected chi connectivity index (χ2v) is 5.16. The van der Waals surface area contributed by atoms with Crippen LogP contribution >= 0.6 is 22.6 Å². The van der Waals surface area contributed by atoms with Crippen LogP contribution in [0.25, 0.3) is 0 Å². The van der Waals surface area contributed by atoms with E-state index in [0.717, 1.165) is 22.5 Å². The zero-order valence-electron chi connectivity index (χ0n) is 10.4. The van der Waals surface area contributed by atoms with Gasteiger partial charge in [0.2, 0.25) is 0 Å². The van der Waals surface area contributed by atoms with Gasteiger partial charge in [-0.1, -0.05) is 26.0 Å². The molecule has 0 amide bonds. The summed E-state index contributed by atoms with van der Waals surface area (Å²) in [5.41, 5.74) is 0. The van der Waals surface area contributed by atoms with Crippen LogP contribution in [0.5, 0.6) is 5.75 Å². The van der Waals surface area contributed by atoms with Gasteiger partial charge in [0.05, 0.1) is 16.8 Å². The largest absolute Gasteiger partial charge is 0.490 e. The predicted molar refractivity (Wildman–Crippen MR) is 78.6 cm³/mol. The van der Waals surface area contributed by atoms with Crippen LogP contribution in [0.2, 0.25) is 0 Å². The average molecular weight is 349 g/mol. The second-order valence-electron chi connectivity index (χ2n) is 4.00. The van der Waals surface area contributed by atoms with E-state index in [1.165, 1.54) is 0 Å². The van der Waals surface area contributed by atoms with E-state index in [1.54, 1.807) is 0 Å². The zero-order chi connectivity index (χ0) is 12.5. The molecule has 1 N–H and O–H groups in total. The van der Waals surface area contributed by atoms with E-state index in [0.29, 0.717) is 19.3 Å². The van der Waals surface area contributed by atoms with Crippen LogP contribution < -0.4 is 10.1 Å². The van der Waals surface area contributed by atoms with Gasteiger partial charge < -0.3 is 14.8 Å². The third-order valence-corrected chi connectivity index (χ3v) is 3.01. The highest BCUT2D eigenvalue weighted by Crippen LogP contribution is 2.19. The van der Waals surface area contributed by atoms with Crippen LogP contribution in [0.1, 0.15) is 13.8 Å². The number of nitrogens with one attached hydrogen (secondary N) is 1. The molecular weight excluding hydrogens is 329 g/mol. The molecule has 0 aliphatic rings. The maximum absolute atomic E-state index is 5.61. The summed E-state index contributed by atoms with van der Waals surface area (Å²) in [6.07, 6.45) is 0. The minimum absolute atomic E-state index is 0.515. The SMILES string of the molecule is CC(C)NCCOCCOc1ccccc1I. The van der Waals surface area contributed by atoms with Crippen molar-refractivity contribution in [2.45, 2.75) is 19.9 Å². The quantitative estimate of drug-likeness (QED) is 0.578. The molecule has 3 nitrogen and oxygen atoms in total. The highest BCUT2D eigenvalue weighted by molar-refractivity contribution is 14.1. The summed E-state index contributed by atoms with van der Waals surface area (Å²) in [6, 6.07) is 8.50. The number of hydrogen-bond donors (Lipinski definition) is 1. The van der Waals surface area contributed by atoms with E-state index in [9.17, 15) is 0 Å². The molecule has 0 spiro atoms. The molecule has 4 heteroatoms. The van der Waals surface area contributed by atoms with Crippen molar-refractivity contribution >= 4 is 22.6 Å². The molecule has 0 saturated heterocycles. The van der Waals surface area contributed by atoms with Crippen LogP contribution in [0, 0.1) is 3.57 Å². The standard InChI is InChI=1S/C13H20INO2/c1-11(2)15-7-8-16-9-10-17-13-6-4-3-5-12(13)14/h3-6,11,15H,7-10H2,1-2H3. The van der Waals surface area contributed by atoms with Gasteiger partial charge in [-0.05, 0) is 34.7 Å². The summed E-state index contributed by atoms with van der Waals surface area (Å²) in [5, 5.41) is 3.30. The molecule has 0 bridgehead atoms. The Morgan fingerprint density at radius 2 is 1.94 bits per heavy atom. The van der Waals surface area contributed by atoms with Crippen molar-refractivity contribution < 1.29 is 9.47 Å². The van der Waals surface area contributed by atoms with Gasteiger partial charge in [-0.3, -0.25) is 0 Å². The van der Waals surface area contributed by atoms with Gasteiger partial charge in [0.1, 0.15) is 12.4 Å². The molecule has 0 atom stereocenters. The summed E-state index contributed by atoms with van der Waals surface area (Å²) in [4.78, 5) is 0. The summed E-state index contributed by atoms with van der Waals surface area (Å²) >= 11 is 2.27. The van der Waals surface area contributed by atoms with Gasteiger partial charge in [0.25, 0.3) is 0 Å². The minimum atomic E-state index is 0.515. The number of ether oxygens (including phenoxy) is 2. The molecule has 0 radical (unpaired) electrons. The first-order valence-corrected chi connectivity index (χ1v) is 6.96. The second kappa shape index (κ2) is 8.72. The van der Waals surface area contributed by atoms with Crippen LogP contribution in [0.4, 0.5) is 0 Å². The van der Waals surface area contributed by atoms with E-state index in [-0.39, 0.29) is 0 Å². The first kappa shape index (κ1) is 14.7. The Labute approximate surface area is 117 Å². The highest BCUT2D eigenvalue weighted by Gasteiger charge is 1.98. The fourth-order valence-corrected chi connectivity index (χ4v) is 1.84. The Morgan fingerprint density at radius 3 is 2.65 bits per heavy atom. The number of benzene rings is 1. The van der Waals surface area contributed by atoms with Crippen molar-refractivity contribution in [2.24, 2.45) is 0 Å². The number of halogens is 1. The molecule has 0 fully saturated rings. The van der Waals surface area contributed by atoms with Gasteiger partial charge in [-0.15, -0.1) is 0 Å². The third-order valence-electron chi connectivity index (χ3n) is 2.12. The fourth-order valence-electron chi connectivity index (χ4n) is 1.29. The van der Waals surface area contributed by atoms with Crippen LogP contribution in [-0.2, 0) is 4.74 Å². The van der Waals surface area contributed by atoms with Gasteiger partial charge in [0, 0.05) is 12.6 Å². The fraction of sp³-hybridized carbons (Fsp3) is 0.538. The lowest BCUT2D eigenvalue weighted by molar-refractivity contribution is 0.101. The molecule has 0 aliphatic heterocycles. The number of rotatable bonds is 8. The Hall–Kier alpha value is -0.330. The molecule has 0 aromatic heterocycles. The zero-order valence-corrected chi connectivity index (χ0v) is 12.6. The topological polar surface area (TPSA) is 30.5 Å². The normalized spacial score (nSPS) is 10.8. The van der Waals surface area contributed by atoms with Gasteiger partial charge in [-0.25, -0.2) is 0 Å². The van der Waals surface area contributed by atoms with E-state index in [2.05, 4.69) is 41.8 Å². The van der Waals surface area contributed by atoms with Crippen molar-refractivity contribution in [3.63, 3.8) is 0 Å². The molecular formula is C13H20INO2. The highest BCUT2D eigenvalue weighted by atomic mass is 127. The molecule has 0 saturated carbocycles. The molecule has 96 valence electrons. The molecule has 0 aliphatic carbocycles. The van der Waals surface area contributed by atoms with Gasteiger partial charge in [-0.2, -0.15) is 0 Å². The number of para-hydroxylation sites is 1. The smallest absolute Gasteiger partial charge is 0.132 e. The van der Waals surface area contributed by atoms with Crippen molar-refractivity contribution in [1.29, 1.82) is 0 Å². The van der Waals surface area contributed by atoms with E-state index in [4.69, 9.17) is 9.47 Å². The maximum Gasteiger partial charge on any atom is 0.132 e. The molecule has 1 aromatic rings. The summed E-state index contributed by atoms with van der Waals surface area (Å²) < 4.78 is 12.2. The molecule has 17 heavy (non-hydrogen) atoms. The maximum atomic E-state index is 5.61. The summed E-state index contributed by atoms with van der Waals surface area (Å²) in [6.45, 7) is 7.10. The van der Waals surface area contributed by atoms with Crippen LogP contribution in [-0.4, -0.2) is 32.4 Å². The third kappa shape index (κ3) is 6.85. The first-order valence-electron chi connectivity index (χ1n) is 5.88. The first-order chi connectivity index (χ1) is 8.20. The van der Waals surface area contributed by atoms with E-state index in [1.807, 2.05) is 24.3 Å². The monoisotopic (exact) mass is 349 g/mol. The molecule has 1 aromatic carbocycles. The lowest BCUT2D eigenvalue weighted by Gasteiger charge is -2.10.